The van der Waals surface area contributed by atoms with Crippen LogP contribution in [-0.4, -0.2) is 40.5 Å². The molecule has 0 bridgehead atoms. The molecule has 3 aromatic rings. The number of nitrogens with one attached hydrogen (secondary N) is 1. The maximum Gasteiger partial charge on any atom is 0.281 e. The van der Waals surface area contributed by atoms with Crippen LogP contribution in [-0.2, 0) is 9.53 Å². The lowest BCUT2D eigenvalue weighted by Crippen LogP contribution is -2.35. The van der Waals surface area contributed by atoms with Gasteiger partial charge < -0.3 is 14.6 Å². The number of nitrogens with zero attached hydrogens (tertiary/aromatic N) is 3. The van der Waals surface area contributed by atoms with Crippen LogP contribution in [0.1, 0.15) is 30.8 Å². The van der Waals surface area contributed by atoms with Crippen molar-refractivity contribution in [2.45, 2.75) is 33.2 Å². The molecular formula is C21H26N4O3. The van der Waals surface area contributed by atoms with Gasteiger partial charge in [0.15, 0.2) is 0 Å². The molecule has 2 heterocycles. The summed E-state index contributed by atoms with van der Waals surface area (Å²) in [4.78, 5) is 25.9. The minimum atomic E-state index is -0.395. The predicted molar refractivity (Wildman–Crippen MR) is 109 cm³/mol. The van der Waals surface area contributed by atoms with E-state index in [4.69, 9.17) is 4.74 Å². The third kappa shape index (κ3) is 3.45. The first kappa shape index (κ1) is 19.8. The fourth-order valence-corrected chi connectivity index (χ4v) is 3.68. The maximum absolute atomic E-state index is 13.2. The monoisotopic (exact) mass is 382 g/mol. The molecule has 0 saturated carbocycles. The second kappa shape index (κ2) is 8.39. The molecule has 0 spiro atoms. The molecule has 7 nitrogen and oxygen atoms in total. The van der Waals surface area contributed by atoms with Gasteiger partial charge in [-0.15, -0.1) is 0 Å². The molecule has 2 aromatic heterocycles. The third-order valence-electron chi connectivity index (χ3n) is 5.06. The summed E-state index contributed by atoms with van der Waals surface area (Å²) in [5, 5.41) is 8.63. The highest BCUT2D eigenvalue weighted by molar-refractivity contribution is 5.89. The minimum absolute atomic E-state index is 0.0811. The molecule has 0 aliphatic rings. The molecular weight excluding hydrogens is 356 g/mol. The van der Waals surface area contributed by atoms with E-state index in [2.05, 4.69) is 10.4 Å². The quantitative estimate of drug-likeness (QED) is 0.637. The molecule has 28 heavy (non-hydrogen) atoms. The average molecular weight is 382 g/mol. The average Bonchev–Trinajstić information content (AvgIpc) is 2.95. The summed E-state index contributed by atoms with van der Waals surface area (Å²) in [5.74, 6) is -0.0811. The number of para-hydroxylation sites is 1. The van der Waals surface area contributed by atoms with E-state index >= 15 is 0 Å². The highest BCUT2D eigenvalue weighted by Gasteiger charge is 2.25. The van der Waals surface area contributed by atoms with Crippen molar-refractivity contribution >= 4 is 16.7 Å². The number of carbonyl (C=O) groups excluding carboxylic acids is 1. The van der Waals surface area contributed by atoms with Crippen molar-refractivity contribution in [3.63, 3.8) is 0 Å². The number of amides is 1. The Balaban J connectivity index is 2.11. The summed E-state index contributed by atoms with van der Waals surface area (Å²) in [7, 11) is 1.60. The Bertz CT molecular complexity index is 1040. The van der Waals surface area contributed by atoms with Crippen molar-refractivity contribution in [3.8, 4) is 5.69 Å². The van der Waals surface area contributed by atoms with E-state index in [1.165, 1.54) is 4.68 Å². The first-order valence-corrected chi connectivity index (χ1v) is 9.42. The maximum atomic E-state index is 13.2. The second-order valence-corrected chi connectivity index (χ2v) is 6.73. The number of aromatic nitrogens is 3. The smallest absolute Gasteiger partial charge is 0.281 e. The van der Waals surface area contributed by atoms with Crippen LogP contribution >= 0.6 is 0 Å². The lowest BCUT2D eigenvalue weighted by atomic mass is 10.2. The normalized spacial score (nSPS) is 12.3. The summed E-state index contributed by atoms with van der Waals surface area (Å²) in [6.45, 7) is 6.68. The van der Waals surface area contributed by atoms with Gasteiger partial charge in [0, 0.05) is 30.4 Å². The van der Waals surface area contributed by atoms with Gasteiger partial charge in [-0.2, -0.15) is 9.78 Å². The lowest BCUT2D eigenvalue weighted by Gasteiger charge is -2.20. The van der Waals surface area contributed by atoms with Gasteiger partial charge in [-0.1, -0.05) is 25.1 Å². The Morgan fingerprint density at radius 2 is 1.93 bits per heavy atom. The van der Waals surface area contributed by atoms with Gasteiger partial charge in [-0.25, -0.2) is 0 Å². The Morgan fingerprint density at radius 1 is 1.21 bits per heavy atom. The number of methoxy groups -OCH3 is 1. The Kier molecular flexibility index (Phi) is 5.94. The van der Waals surface area contributed by atoms with E-state index in [1.54, 1.807) is 13.3 Å². The van der Waals surface area contributed by atoms with Crippen molar-refractivity contribution < 1.29 is 9.53 Å². The lowest BCUT2D eigenvalue weighted by molar-refractivity contribution is -0.124. The molecule has 1 aromatic carbocycles. The van der Waals surface area contributed by atoms with Crippen LogP contribution in [0.15, 0.2) is 41.3 Å². The largest absolute Gasteiger partial charge is 0.383 e. The fourth-order valence-electron chi connectivity index (χ4n) is 3.68. The minimum Gasteiger partial charge on any atom is -0.383 e. The molecule has 0 saturated heterocycles. The summed E-state index contributed by atoms with van der Waals surface area (Å²) in [6, 6.07) is 8.93. The van der Waals surface area contributed by atoms with E-state index < -0.39 is 6.04 Å². The van der Waals surface area contributed by atoms with Gasteiger partial charge in [0.1, 0.15) is 6.04 Å². The zero-order chi connectivity index (χ0) is 20.3. The predicted octanol–water partition coefficient (Wildman–Crippen LogP) is 2.52. The first-order chi connectivity index (χ1) is 13.5. The number of benzene rings is 1. The zero-order valence-corrected chi connectivity index (χ0v) is 16.7. The van der Waals surface area contributed by atoms with Crippen LogP contribution < -0.4 is 10.9 Å². The third-order valence-corrected chi connectivity index (χ3v) is 5.06. The van der Waals surface area contributed by atoms with Crippen LogP contribution in [0.4, 0.5) is 0 Å². The first-order valence-electron chi connectivity index (χ1n) is 9.42. The van der Waals surface area contributed by atoms with Crippen LogP contribution in [0.2, 0.25) is 0 Å². The van der Waals surface area contributed by atoms with Gasteiger partial charge in [0.2, 0.25) is 5.91 Å². The van der Waals surface area contributed by atoms with Crippen molar-refractivity contribution in [3.05, 3.63) is 58.3 Å². The molecule has 7 heteroatoms. The van der Waals surface area contributed by atoms with Crippen molar-refractivity contribution in [2.24, 2.45) is 0 Å². The van der Waals surface area contributed by atoms with Crippen molar-refractivity contribution in [1.82, 2.24) is 19.7 Å². The number of rotatable bonds is 7. The van der Waals surface area contributed by atoms with E-state index in [0.717, 1.165) is 16.8 Å². The highest BCUT2D eigenvalue weighted by atomic mass is 16.5. The highest BCUT2D eigenvalue weighted by Crippen LogP contribution is 2.27. The number of aryl methyl sites for hydroxylation is 2. The van der Waals surface area contributed by atoms with E-state index in [0.29, 0.717) is 30.6 Å². The molecule has 148 valence electrons. The van der Waals surface area contributed by atoms with E-state index in [9.17, 15) is 9.59 Å². The zero-order valence-electron chi connectivity index (χ0n) is 16.7. The summed E-state index contributed by atoms with van der Waals surface area (Å²) in [6.07, 6.45) is 2.32. The van der Waals surface area contributed by atoms with Crippen LogP contribution in [0, 0.1) is 13.8 Å². The SMILES string of the molecule is CC[C@@H](C(=O)NCCOC)n1c(C)c2cnn(-c3ccccc3)c(=O)c2c1C. The molecule has 1 amide bonds. The molecule has 1 atom stereocenters. The summed E-state index contributed by atoms with van der Waals surface area (Å²) in [5.41, 5.74) is 2.17. The van der Waals surface area contributed by atoms with Gasteiger partial charge in [0.25, 0.3) is 5.56 Å². The number of hydrogen-bond donors (Lipinski definition) is 1. The standard InChI is InChI=1S/C21H26N4O3/c1-5-18(20(26)22-11-12-28-4)24-14(2)17-13-23-25(16-9-7-6-8-10-16)21(27)19(17)15(24)3/h6-10,13,18H,5,11-12H2,1-4H3,(H,22,26)/t18-/m0/s1. The Morgan fingerprint density at radius 3 is 2.57 bits per heavy atom. The second-order valence-electron chi connectivity index (χ2n) is 6.73. The number of carbonyl (C=O) groups is 1. The Hall–Kier alpha value is -2.93. The van der Waals surface area contributed by atoms with Crippen LogP contribution in [0.25, 0.3) is 16.5 Å². The number of hydrogen-bond acceptors (Lipinski definition) is 4. The van der Waals surface area contributed by atoms with Crippen molar-refractivity contribution in [1.29, 1.82) is 0 Å². The molecule has 0 unspecified atom stereocenters. The van der Waals surface area contributed by atoms with Crippen LogP contribution in [0.3, 0.4) is 0 Å². The van der Waals surface area contributed by atoms with Gasteiger partial charge in [0.05, 0.1) is 23.9 Å². The van der Waals surface area contributed by atoms with E-state index in [-0.39, 0.29) is 11.5 Å². The molecule has 0 fully saturated rings. The van der Waals surface area contributed by atoms with Gasteiger partial charge in [-0.3, -0.25) is 9.59 Å². The molecule has 0 aliphatic carbocycles. The van der Waals surface area contributed by atoms with Crippen molar-refractivity contribution in [2.75, 3.05) is 20.3 Å². The molecule has 3 rings (SSSR count). The molecule has 1 N–H and O–H groups in total. The Labute approximate surface area is 163 Å². The van der Waals surface area contributed by atoms with E-state index in [1.807, 2.05) is 55.7 Å². The summed E-state index contributed by atoms with van der Waals surface area (Å²) < 4.78 is 8.36. The molecule has 0 radical (unpaired) electrons. The number of fused-ring (bicyclic) bond motifs is 1. The fraction of sp³-hybridized carbons (Fsp3) is 0.381. The number of ether oxygens (including phenoxy) is 1. The van der Waals surface area contributed by atoms with Crippen LogP contribution in [0.5, 0.6) is 0 Å². The topological polar surface area (TPSA) is 78.2 Å². The molecule has 0 aliphatic heterocycles. The summed E-state index contributed by atoms with van der Waals surface area (Å²) >= 11 is 0. The van der Waals surface area contributed by atoms with Gasteiger partial charge >= 0.3 is 0 Å². The van der Waals surface area contributed by atoms with Gasteiger partial charge in [-0.05, 0) is 32.4 Å².